The fraction of sp³-hybridized carbons (Fsp3) is 0.150. The van der Waals surface area contributed by atoms with Gasteiger partial charge in [-0.1, -0.05) is 17.7 Å². The third-order valence-electron chi connectivity index (χ3n) is 3.88. The zero-order valence-corrected chi connectivity index (χ0v) is 15.3. The van der Waals surface area contributed by atoms with Crippen LogP contribution in [0, 0.1) is 6.92 Å². The molecule has 0 saturated carbocycles. The molecule has 0 aliphatic carbocycles. The summed E-state index contributed by atoms with van der Waals surface area (Å²) >= 11 is 0. The van der Waals surface area contributed by atoms with E-state index in [1.165, 1.54) is 25.1 Å². The number of benzene rings is 2. The lowest BCUT2D eigenvalue weighted by atomic mass is 10.2. The van der Waals surface area contributed by atoms with Gasteiger partial charge in [-0.3, -0.25) is 4.79 Å². The van der Waals surface area contributed by atoms with E-state index < -0.39 is 0 Å². The first-order chi connectivity index (χ1) is 13.1. The summed E-state index contributed by atoms with van der Waals surface area (Å²) in [5.74, 6) is 1.21. The molecule has 1 heterocycles. The van der Waals surface area contributed by atoms with Crippen molar-refractivity contribution in [1.29, 1.82) is 0 Å². The number of carbonyl (C=O) groups excluding carboxylic acids is 1. The number of nitrogens with zero attached hydrogens (tertiary/aromatic N) is 2. The molecule has 3 aromatic rings. The molecular weight excluding hydrogens is 344 g/mol. The van der Waals surface area contributed by atoms with Crippen LogP contribution < -0.4 is 20.1 Å². The predicted octanol–water partition coefficient (Wildman–Crippen LogP) is 3.80. The Morgan fingerprint density at radius 2 is 1.67 bits per heavy atom. The van der Waals surface area contributed by atoms with Crippen LogP contribution in [-0.4, -0.2) is 30.1 Å². The van der Waals surface area contributed by atoms with E-state index in [-0.39, 0.29) is 5.91 Å². The van der Waals surface area contributed by atoms with Crippen molar-refractivity contribution in [2.45, 2.75) is 6.92 Å². The van der Waals surface area contributed by atoms with Crippen LogP contribution in [0.15, 0.2) is 54.9 Å². The second kappa shape index (κ2) is 8.18. The van der Waals surface area contributed by atoms with Crippen LogP contribution in [0.25, 0.3) is 0 Å². The summed E-state index contributed by atoms with van der Waals surface area (Å²) in [5.41, 5.74) is 2.87. The highest BCUT2D eigenvalue weighted by atomic mass is 16.5. The van der Waals surface area contributed by atoms with Gasteiger partial charge in [0.1, 0.15) is 11.5 Å². The number of rotatable bonds is 6. The van der Waals surface area contributed by atoms with Crippen molar-refractivity contribution in [2.75, 3.05) is 24.9 Å². The summed E-state index contributed by atoms with van der Waals surface area (Å²) in [6.45, 7) is 2.02. The molecule has 2 N–H and O–H groups in total. The number of carbonyl (C=O) groups is 1. The van der Waals surface area contributed by atoms with Crippen molar-refractivity contribution >= 4 is 23.2 Å². The highest BCUT2D eigenvalue weighted by molar-refractivity contribution is 6.04. The van der Waals surface area contributed by atoms with E-state index >= 15 is 0 Å². The van der Waals surface area contributed by atoms with Crippen molar-refractivity contribution in [3.05, 3.63) is 66.0 Å². The maximum Gasteiger partial charge on any atom is 0.258 e. The minimum absolute atomic E-state index is 0.328. The summed E-state index contributed by atoms with van der Waals surface area (Å²) in [7, 11) is 3.09. The van der Waals surface area contributed by atoms with Crippen molar-refractivity contribution < 1.29 is 14.3 Å². The van der Waals surface area contributed by atoms with E-state index in [0.717, 1.165) is 5.69 Å². The standard InChI is InChI=1S/C20H20N4O3/c1-13-4-6-15(7-5-13)23-20-21-11-14(12-22-20)19(25)24-17-10-16(26-2)8-9-18(17)27-3/h4-12H,1-3H3,(H,24,25)(H,21,22,23). The second-order valence-corrected chi connectivity index (χ2v) is 5.81. The average molecular weight is 364 g/mol. The first-order valence-corrected chi connectivity index (χ1v) is 8.28. The first-order valence-electron chi connectivity index (χ1n) is 8.28. The SMILES string of the molecule is COc1ccc(OC)c(NC(=O)c2cnc(Nc3ccc(C)cc3)nc2)c1. The number of ether oxygens (including phenoxy) is 2. The van der Waals surface area contributed by atoms with Gasteiger partial charge in [0, 0.05) is 24.1 Å². The third-order valence-corrected chi connectivity index (χ3v) is 3.88. The van der Waals surface area contributed by atoms with E-state index in [1.807, 2.05) is 31.2 Å². The van der Waals surface area contributed by atoms with Crippen LogP contribution in [0.4, 0.5) is 17.3 Å². The Kier molecular flexibility index (Phi) is 5.51. The molecule has 27 heavy (non-hydrogen) atoms. The zero-order valence-electron chi connectivity index (χ0n) is 15.3. The topological polar surface area (TPSA) is 85.4 Å². The van der Waals surface area contributed by atoms with Crippen molar-refractivity contribution in [2.24, 2.45) is 0 Å². The molecule has 0 saturated heterocycles. The lowest BCUT2D eigenvalue weighted by molar-refractivity contribution is 0.102. The van der Waals surface area contributed by atoms with Crippen LogP contribution in [-0.2, 0) is 0 Å². The molecule has 3 rings (SSSR count). The minimum atomic E-state index is -0.344. The number of aromatic nitrogens is 2. The predicted molar refractivity (Wildman–Crippen MR) is 104 cm³/mol. The summed E-state index contributed by atoms with van der Waals surface area (Å²) in [4.78, 5) is 20.9. The lowest BCUT2D eigenvalue weighted by Crippen LogP contribution is -2.14. The molecule has 0 radical (unpaired) electrons. The molecule has 0 unspecified atom stereocenters. The van der Waals surface area contributed by atoms with E-state index in [1.54, 1.807) is 25.3 Å². The molecular formula is C20H20N4O3. The molecule has 138 valence electrons. The fourth-order valence-corrected chi connectivity index (χ4v) is 2.38. The van der Waals surface area contributed by atoms with Crippen molar-refractivity contribution in [3.8, 4) is 11.5 Å². The number of hydrogen-bond donors (Lipinski definition) is 2. The average Bonchev–Trinajstić information content (AvgIpc) is 2.70. The largest absolute Gasteiger partial charge is 0.497 e. The molecule has 0 atom stereocenters. The smallest absolute Gasteiger partial charge is 0.258 e. The van der Waals surface area contributed by atoms with E-state index in [9.17, 15) is 4.79 Å². The van der Waals surface area contributed by atoms with Gasteiger partial charge in [0.2, 0.25) is 5.95 Å². The molecule has 0 spiro atoms. The van der Waals surface area contributed by atoms with Crippen LogP contribution in [0.3, 0.4) is 0 Å². The van der Waals surface area contributed by atoms with E-state index in [4.69, 9.17) is 9.47 Å². The highest BCUT2D eigenvalue weighted by Crippen LogP contribution is 2.29. The molecule has 0 aliphatic heterocycles. The van der Waals surface area contributed by atoms with E-state index in [2.05, 4.69) is 20.6 Å². The monoisotopic (exact) mass is 364 g/mol. The quantitative estimate of drug-likeness (QED) is 0.692. The molecule has 7 nitrogen and oxygen atoms in total. The summed E-state index contributed by atoms with van der Waals surface area (Å²) in [6, 6.07) is 13.0. The molecule has 2 aromatic carbocycles. The van der Waals surface area contributed by atoms with Gasteiger partial charge in [0.25, 0.3) is 5.91 Å². The Morgan fingerprint density at radius 3 is 2.30 bits per heavy atom. The fourth-order valence-electron chi connectivity index (χ4n) is 2.38. The third kappa shape index (κ3) is 4.52. The Balaban J connectivity index is 1.71. The molecule has 0 aliphatic rings. The van der Waals surface area contributed by atoms with Gasteiger partial charge in [0.15, 0.2) is 0 Å². The van der Waals surface area contributed by atoms with E-state index in [0.29, 0.717) is 28.7 Å². The summed E-state index contributed by atoms with van der Waals surface area (Å²) < 4.78 is 10.4. The van der Waals surface area contributed by atoms with Gasteiger partial charge in [-0.05, 0) is 31.2 Å². The first kappa shape index (κ1) is 18.2. The van der Waals surface area contributed by atoms with Crippen LogP contribution in [0.5, 0.6) is 11.5 Å². The van der Waals surface area contributed by atoms with Crippen LogP contribution in [0.1, 0.15) is 15.9 Å². The van der Waals surface area contributed by atoms with Gasteiger partial charge in [-0.25, -0.2) is 9.97 Å². The Hall–Kier alpha value is -3.61. The maximum atomic E-state index is 12.5. The van der Waals surface area contributed by atoms with Crippen molar-refractivity contribution in [3.63, 3.8) is 0 Å². The molecule has 0 bridgehead atoms. The van der Waals surface area contributed by atoms with Gasteiger partial charge < -0.3 is 20.1 Å². The molecule has 0 fully saturated rings. The number of aryl methyl sites for hydroxylation is 1. The minimum Gasteiger partial charge on any atom is -0.497 e. The molecule has 7 heteroatoms. The zero-order chi connectivity index (χ0) is 19.2. The number of anilines is 3. The normalized spacial score (nSPS) is 10.2. The van der Waals surface area contributed by atoms with Gasteiger partial charge in [0.05, 0.1) is 25.5 Å². The van der Waals surface area contributed by atoms with Crippen molar-refractivity contribution in [1.82, 2.24) is 9.97 Å². The van der Waals surface area contributed by atoms with Gasteiger partial charge in [-0.15, -0.1) is 0 Å². The number of nitrogens with one attached hydrogen (secondary N) is 2. The second-order valence-electron chi connectivity index (χ2n) is 5.81. The lowest BCUT2D eigenvalue weighted by Gasteiger charge is -2.12. The van der Waals surface area contributed by atoms with Gasteiger partial charge in [-0.2, -0.15) is 0 Å². The molecule has 1 aromatic heterocycles. The Morgan fingerprint density at radius 1 is 0.963 bits per heavy atom. The number of amides is 1. The molecule has 1 amide bonds. The summed E-state index contributed by atoms with van der Waals surface area (Å²) in [5, 5.41) is 5.87. The maximum absolute atomic E-state index is 12.5. The highest BCUT2D eigenvalue weighted by Gasteiger charge is 2.12. The number of hydrogen-bond acceptors (Lipinski definition) is 6. The number of methoxy groups -OCH3 is 2. The van der Waals surface area contributed by atoms with Crippen LogP contribution in [0.2, 0.25) is 0 Å². The Bertz CT molecular complexity index is 925. The van der Waals surface area contributed by atoms with Gasteiger partial charge >= 0.3 is 0 Å². The van der Waals surface area contributed by atoms with Crippen LogP contribution >= 0.6 is 0 Å². The Labute approximate surface area is 157 Å². The summed E-state index contributed by atoms with van der Waals surface area (Å²) in [6.07, 6.45) is 2.93.